The van der Waals surface area contributed by atoms with Gasteiger partial charge >= 0.3 is 5.97 Å². The average Bonchev–Trinajstić information content (AvgIpc) is 3.40. The topological polar surface area (TPSA) is 57.6 Å². The fraction of sp³-hybridized carbons (Fsp3) is 0.263. The summed E-state index contributed by atoms with van der Waals surface area (Å²) >= 11 is 0. The van der Waals surface area contributed by atoms with Crippen LogP contribution in [0.4, 0.5) is 8.78 Å². The Hall–Kier alpha value is -2.76. The van der Waals surface area contributed by atoms with Crippen LogP contribution in [0, 0.1) is 11.6 Å². The minimum absolute atomic E-state index is 0.00444. The summed E-state index contributed by atoms with van der Waals surface area (Å²) in [5.41, 5.74) is 0.697. The van der Waals surface area contributed by atoms with Gasteiger partial charge in [-0.1, -0.05) is 18.2 Å². The van der Waals surface area contributed by atoms with Crippen molar-refractivity contribution >= 4 is 11.9 Å². The largest absolute Gasteiger partial charge is 0.478 e. The Morgan fingerprint density at radius 1 is 1.04 bits per heavy atom. The molecule has 0 saturated heterocycles. The SMILES string of the molecule is O=C(O)c1ccc(CC(=O)N(Cc2c(F)cccc2F)C2CC2)cc1. The Balaban J connectivity index is 1.74. The minimum Gasteiger partial charge on any atom is -0.478 e. The summed E-state index contributed by atoms with van der Waals surface area (Å²) in [6.07, 6.45) is 1.70. The number of benzene rings is 2. The summed E-state index contributed by atoms with van der Waals surface area (Å²) in [5.74, 6) is -2.59. The zero-order chi connectivity index (χ0) is 18.0. The van der Waals surface area contributed by atoms with Gasteiger partial charge in [-0.05, 0) is 42.7 Å². The maximum atomic E-state index is 13.9. The number of nitrogens with zero attached hydrogens (tertiary/aromatic N) is 1. The van der Waals surface area contributed by atoms with Crippen molar-refractivity contribution in [3.05, 3.63) is 70.8 Å². The predicted octanol–water partition coefficient (Wildman–Crippen LogP) is 3.40. The van der Waals surface area contributed by atoms with Crippen molar-refractivity contribution < 1.29 is 23.5 Å². The van der Waals surface area contributed by atoms with E-state index in [-0.39, 0.29) is 36.0 Å². The molecule has 0 heterocycles. The molecule has 0 aliphatic heterocycles. The molecule has 1 saturated carbocycles. The molecule has 0 aromatic heterocycles. The second-order valence-corrected chi connectivity index (χ2v) is 6.13. The van der Waals surface area contributed by atoms with Gasteiger partial charge in [-0.15, -0.1) is 0 Å². The average molecular weight is 345 g/mol. The Labute approximate surface area is 143 Å². The highest BCUT2D eigenvalue weighted by Crippen LogP contribution is 2.30. The molecule has 1 fully saturated rings. The fourth-order valence-electron chi connectivity index (χ4n) is 2.70. The van der Waals surface area contributed by atoms with E-state index in [2.05, 4.69) is 0 Å². The van der Waals surface area contributed by atoms with Gasteiger partial charge in [0, 0.05) is 11.6 Å². The van der Waals surface area contributed by atoms with Gasteiger partial charge in [-0.25, -0.2) is 13.6 Å². The van der Waals surface area contributed by atoms with E-state index in [1.807, 2.05) is 0 Å². The van der Waals surface area contributed by atoms with Crippen molar-refractivity contribution in [1.29, 1.82) is 0 Å². The molecule has 1 amide bonds. The van der Waals surface area contributed by atoms with Gasteiger partial charge in [0.2, 0.25) is 5.91 Å². The molecule has 1 aliphatic carbocycles. The molecule has 0 spiro atoms. The molecule has 6 heteroatoms. The minimum atomic E-state index is -1.03. The van der Waals surface area contributed by atoms with Crippen molar-refractivity contribution in [3.63, 3.8) is 0 Å². The highest BCUT2D eigenvalue weighted by Gasteiger charge is 2.33. The number of hydrogen-bond donors (Lipinski definition) is 1. The first-order chi connectivity index (χ1) is 12.0. The second kappa shape index (κ2) is 7.01. The van der Waals surface area contributed by atoms with Gasteiger partial charge in [-0.2, -0.15) is 0 Å². The number of rotatable bonds is 6. The van der Waals surface area contributed by atoms with E-state index in [0.29, 0.717) is 5.56 Å². The van der Waals surface area contributed by atoms with E-state index in [1.165, 1.54) is 35.2 Å². The van der Waals surface area contributed by atoms with Crippen LogP contribution in [0.3, 0.4) is 0 Å². The molecule has 0 bridgehead atoms. The lowest BCUT2D eigenvalue weighted by Gasteiger charge is -2.23. The summed E-state index contributed by atoms with van der Waals surface area (Å²) in [4.78, 5) is 25.0. The number of aromatic carboxylic acids is 1. The van der Waals surface area contributed by atoms with Crippen LogP contribution in [0.2, 0.25) is 0 Å². The van der Waals surface area contributed by atoms with Crippen molar-refractivity contribution in [3.8, 4) is 0 Å². The van der Waals surface area contributed by atoms with Crippen molar-refractivity contribution in [2.45, 2.75) is 31.8 Å². The zero-order valence-electron chi connectivity index (χ0n) is 13.4. The van der Waals surface area contributed by atoms with Crippen LogP contribution in [-0.4, -0.2) is 27.9 Å². The van der Waals surface area contributed by atoms with E-state index in [4.69, 9.17) is 5.11 Å². The lowest BCUT2D eigenvalue weighted by molar-refractivity contribution is -0.131. The molecule has 2 aromatic carbocycles. The van der Waals surface area contributed by atoms with Gasteiger partial charge in [0.05, 0.1) is 18.5 Å². The molecule has 0 radical (unpaired) electrons. The van der Waals surface area contributed by atoms with Crippen LogP contribution in [0.15, 0.2) is 42.5 Å². The normalized spacial score (nSPS) is 13.5. The fourth-order valence-corrected chi connectivity index (χ4v) is 2.70. The predicted molar refractivity (Wildman–Crippen MR) is 87.0 cm³/mol. The number of carbonyl (C=O) groups is 2. The van der Waals surface area contributed by atoms with Crippen LogP contribution in [-0.2, 0) is 17.8 Å². The van der Waals surface area contributed by atoms with Crippen LogP contribution in [0.5, 0.6) is 0 Å². The van der Waals surface area contributed by atoms with Gasteiger partial charge in [0.15, 0.2) is 0 Å². The number of carbonyl (C=O) groups excluding carboxylic acids is 1. The van der Waals surface area contributed by atoms with Crippen molar-refractivity contribution in [2.24, 2.45) is 0 Å². The second-order valence-electron chi connectivity index (χ2n) is 6.13. The Kier molecular flexibility index (Phi) is 4.79. The number of hydrogen-bond acceptors (Lipinski definition) is 2. The van der Waals surface area contributed by atoms with Gasteiger partial charge in [-0.3, -0.25) is 4.79 Å². The first-order valence-electron chi connectivity index (χ1n) is 8.00. The molecular formula is C19H17F2NO3. The van der Waals surface area contributed by atoms with E-state index in [1.54, 1.807) is 12.1 Å². The lowest BCUT2D eigenvalue weighted by Crippen LogP contribution is -2.34. The standard InChI is InChI=1S/C19H17F2NO3/c20-16-2-1-3-17(21)15(16)11-22(14-8-9-14)18(23)10-12-4-6-13(7-5-12)19(24)25/h1-7,14H,8-11H2,(H,24,25). The lowest BCUT2D eigenvalue weighted by atomic mass is 10.1. The van der Waals surface area contributed by atoms with Gasteiger partial charge < -0.3 is 10.0 Å². The Morgan fingerprint density at radius 3 is 2.16 bits per heavy atom. The quantitative estimate of drug-likeness (QED) is 0.873. The molecule has 3 rings (SSSR count). The highest BCUT2D eigenvalue weighted by atomic mass is 19.1. The van der Waals surface area contributed by atoms with Crippen LogP contribution >= 0.6 is 0 Å². The van der Waals surface area contributed by atoms with Gasteiger partial charge in [0.25, 0.3) is 0 Å². The molecule has 130 valence electrons. The van der Waals surface area contributed by atoms with E-state index >= 15 is 0 Å². The number of halogens is 2. The Morgan fingerprint density at radius 2 is 1.64 bits per heavy atom. The summed E-state index contributed by atoms with van der Waals surface area (Å²) in [6.45, 7) is -0.102. The van der Waals surface area contributed by atoms with Gasteiger partial charge in [0.1, 0.15) is 11.6 Å². The maximum Gasteiger partial charge on any atom is 0.335 e. The molecule has 1 aliphatic rings. The first kappa shape index (κ1) is 17.1. The van der Waals surface area contributed by atoms with E-state index in [0.717, 1.165) is 12.8 Å². The molecule has 0 atom stereocenters. The van der Waals surface area contributed by atoms with Crippen LogP contribution in [0.1, 0.15) is 34.3 Å². The van der Waals surface area contributed by atoms with Crippen molar-refractivity contribution in [2.75, 3.05) is 0 Å². The third-order valence-corrected chi connectivity index (χ3v) is 4.25. The first-order valence-corrected chi connectivity index (χ1v) is 8.00. The summed E-state index contributed by atoms with van der Waals surface area (Å²) in [7, 11) is 0. The van der Waals surface area contributed by atoms with E-state index in [9.17, 15) is 18.4 Å². The molecule has 2 aromatic rings. The third-order valence-electron chi connectivity index (χ3n) is 4.25. The summed E-state index contributed by atoms with van der Waals surface area (Å²) < 4.78 is 27.7. The molecule has 25 heavy (non-hydrogen) atoms. The zero-order valence-corrected chi connectivity index (χ0v) is 13.4. The number of carboxylic acid groups (broad SMARTS) is 1. The highest BCUT2D eigenvalue weighted by molar-refractivity contribution is 5.87. The van der Waals surface area contributed by atoms with Crippen LogP contribution < -0.4 is 0 Å². The molecule has 0 unspecified atom stereocenters. The third kappa shape index (κ3) is 4.02. The smallest absolute Gasteiger partial charge is 0.335 e. The van der Waals surface area contributed by atoms with E-state index < -0.39 is 17.6 Å². The molecular weight excluding hydrogens is 328 g/mol. The van der Waals surface area contributed by atoms with Crippen LogP contribution in [0.25, 0.3) is 0 Å². The summed E-state index contributed by atoms with van der Waals surface area (Å²) in [5, 5.41) is 8.90. The number of carboxylic acids is 1. The molecule has 1 N–H and O–H groups in total. The molecule has 4 nitrogen and oxygen atoms in total. The summed E-state index contributed by atoms with van der Waals surface area (Å²) in [6, 6.07) is 9.68. The Bertz CT molecular complexity index is 781. The number of amides is 1. The maximum absolute atomic E-state index is 13.9. The monoisotopic (exact) mass is 345 g/mol. The van der Waals surface area contributed by atoms with Crippen molar-refractivity contribution in [1.82, 2.24) is 4.90 Å².